The number of aromatic nitrogens is 1. The van der Waals surface area contributed by atoms with E-state index in [0.717, 1.165) is 11.1 Å². The molecular formula is C18H18ClFN2O2. The van der Waals surface area contributed by atoms with Crippen molar-refractivity contribution in [2.24, 2.45) is 0 Å². The van der Waals surface area contributed by atoms with Crippen molar-refractivity contribution in [3.05, 3.63) is 63.9 Å². The number of alkyl halides is 1. The Hall–Kier alpha value is -1.98. The summed E-state index contributed by atoms with van der Waals surface area (Å²) in [6, 6.07) is 8.56. The fourth-order valence-electron chi connectivity index (χ4n) is 2.97. The van der Waals surface area contributed by atoms with E-state index in [-0.39, 0.29) is 30.6 Å². The second-order valence-corrected chi connectivity index (χ2v) is 6.48. The maximum absolute atomic E-state index is 15.4. The Morgan fingerprint density at radius 3 is 3.04 bits per heavy atom. The quantitative estimate of drug-likeness (QED) is 0.894. The van der Waals surface area contributed by atoms with Gasteiger partial charge in [-0.05, 0) is 43.0 Å². The SMILES string of the molecule is Cc1ccc(CNC(=O)[C@@]2(F)CC[C@@H](O)c3ncccc32)c(Cl)c1. The van der Waals surface area contributed by atoms with Crippen molar-refractivity contribution < 1.29 is 14.3 Å². The summed E-state index contributed by atoms with van der Waals surface area (Å²) in [6.45, 7) is 2.06. The normalized spacial score (nSPS) is 22.8. The van der Waals surface area contributed by atoms with Crippen LogP contribution in [0.5, 0.6) is 0 Å². The minimum atomic E-state index is -2.19. The molecule has 1 aromatic heterocycles. The van der Waals surface area contributed by atoms with E-state index in [9.17, 15) is 9.90 Å². The molecule has 2 N–H and O–H groups in total. The van der Waals surface area contributed by atoms with Crippen LogP contribution in [0.25, 0.3) is 0 Å². The summed E-state index contributed by atoms with van der Waals surface area (Å²) in [4.78, 5) is 16.5. The number of aryl methyl sites for hydroxylation is 1. The van der Waals surface area contributed by atoms with Crippen LogP contribution < -0.4 is 5.32 Å². The highest BCUT2D eigenvalue weighted by atomic mass is 35.5. The number of aliphatic hydroxyl groups is 1. The molecule has 0 spiro atoms. The monoisotopic (exact) mass is 348 g/mol. The third-order valence-electron chi connectivity index (χ3n) is 4.35. The lowest BCUT2D eigenvalue weighted by atomic mass is 9.81. The van der Waals surface area contributed by atoms with E-state index in [1.54, 1.807) is 12.1 Å². The van der Waals surface area contributed by atoms with Crippen LogP contribution in [0.2, 0.25) is 5.02 Å². The lowest BCUT2D eigenvalue weighted by molar-refractivity contribution is -0.135. The van der Waals surface area contributed by atoms with Crippen molar-refractivity contribution in [1.29, 1.82) is 0 Å². The van der Waals surface area contributed by atoms with Crippen molar-refractivity contribution in [3.63, 3.8) is 0 Å². The number of carbonyl (C=O) groups excluding carboxylic acids is 1. The van der Waals surface area contributed by atoms with Crippen LogP contribution in [0.4, 0.5) is 4.39 Å². The van der Waals surface area contributed by atoms with E-state index in [2.05, 4.69) is 10.3 Å². The number of fused-ring (bicyclic) bond motifs is 1. The predicted molar refractivity (Wildman–Crippen MR) is 89.3 cm³/mol. The maximum Gasteiger partial charge on any atom is 0.262 e. The van der Waals surface area contributed by atoms with Crippen LogP contribution in [0.15, 0.2) is 36.5 Å². The molecule has 126 valence electrons. The molecule has 1 aliphatic rings. The number of hydrogen-bond donors (Lipinski definition) is 2. The highest BCUT2D eigenvalue weighted by molar-refractivity contribution is 6.31. The number of benzene rings is 1. The number of rotatable bonds is 3. The van der Waals surface area contributed by atoms with Crippen LogP contribution in [-0.4, -0.2) is 16.0 Å². The number of carbonyl (C=O) groups is 1. The van der Waals surface area contributed by atoms with Crippen molar-refractivity contribution in [2.45, 2.75) is 38.1 Å². The van der Waals surface area contributed by atoms with Gasteiger partial charge in [-0.25, -0.2) is 4.39 Å². The number of halogens is 2. The van der Waals surface area contributed by atoms with Crippen LogP contribution in [0.1, 0.15) is 41.3 Å². The average Bonchev–Trinajstić information content (AvgIpc) is 2.57. The van der Waals surface area contributed by atoms with Gasteiger partial charge in [-0.3, -0.25) is 9.78 Å². The fourth-order valence-corrected chi connectivity index (χ4v) is 3.27. The molecular weight excluding hydrogens is 331 g/mol. The largest absolute Gasteiger partial charge is 0.387 e. The molecule has 1 aromatic carbocycles. The highest BCUT2D eigenvalue weighted by Crippen LogP contribution is 2.42. The molecule has 0 saturated carbocycles. The minimum absolute atomic E-state index is 0.0830. The number of nitrogens with one attached hydrogen (secondary N) is 1. The smallest absolute Gasteiger partial charge is 0.262 e. The molecule has 4 nitrogen and oxygen atoms in total. The van der Waals surface area contributed by atoms with Crippen LogP contribution >= 0.6 is 11.6 Å². The summed E-state index contributed by atoms with van der Waals surface area (Å²) in [6.07, 6.45) is 0.710. The molecule has 0 radical (unpaired) electrons. The number of amides is 1. The van der Waals surface area contributed by atoms with Gasteiger partial charge in [0.15, 0.2) is 0 Å². The Kier molecular flexibility index (Phi) is 4.56. The van der Waals surface area contributed by atoms with Gasteiger partial charge in [0.05, 0.1) is 11.8 Å². The Bertz CT molecular complexity index is 783. The van der Waals surface area contributed by atoms with Gasteiger partial charge in [-0.1, -0.05) is 29.8 Å². The van der Waals surface area contributed by atoms with Crippen LogP contribution in [-0.2, 0) is 17.0 Å². The zero-order valence-corrected chi connectivity index (χ0v) is 14.0. The van der Waals surface area contributed by atoms with Gasteiger partial charge >= 0.3 is 0 Å². The number of nitrogens with zero attached hydrogens (tertiary/aromatic N) is 1. The molecule has 0 unspecified atom stereocenters. The summed E-state index contributed by atoms with van der Waals surface area (Å²) in [5, 5.41) is 13.1. The standard InChI is InChI=1S/C18H18ClFN2O2/c1-11-4-5-12(14(19)9-11)10-22-17(24)18(20)7-6-15(23)16-13(18)3-2-8-21-16/h2-5,8-9,15,23H,6-7,10H2,1H3,(H,22,24)/t15-,18-/m1/s1. The van der Waals surface area contributed by atoms with Gasteiger partial charge in [-0.2, -0.15) is 0 Å². The molecule has 1 heterocycles. The van der Waals surface area contributed by atoms with E-state index >= 15 is 4.39 Å². The zero-order chi connectivity index (χ0) is 17.3. The minimum Gasteiger partial charge on any atom is -0.387 e. The first kappa shape index (κ1) is 16.9. The van der Waals surface area contributed by atoms with Crippen LogP contribution in [0.3, 0.4) is 0 Å². The van der Waals surface area contributed by atoms with Gasteiger partial charge in [-0.15, -0.1) is 0 Å². The van der Waals surface area contributed by atoms with E-state index in [4.69, 9.17) is 11.6 Å². The zero-order valence-electron chi connectivity index (χ0n) is 13.2. The van der Waals surface area contributed by atoms with Crippen molar-refractivity contribution in [3.8, 4) is 0 Å². The topological polar surface area (TPSA) is 62.2 Å². The fraction of sp³-hybridized carbons (Fsp3) is 0.333. The highest BCUT2D eigenvalue weighted by Gasteiger charge is 2.46. The molecule has 1 amide bonds. The first-order chi connectivity index (χ1) is 11.4. The molecule has 24 heavy (non-hydrogen) atoms. The lowest BCUT2D eigenvalue weighted by Crippen LogP contribution is -2.44. The second-order valence-electron chi connectivity index (χ2n) is 6.07. The molecule has 0 bridgehead atoms. The van der Waals surface area contributed by atoms with Crippen molar-refractivity contribution >= 4 is 17.5 Å². The maximum atomic E-state index is 15.4. The third kappa shape index (κ3) is 3.01. The molecule has 0 aliphatic heterocycles. The molecule has 6 heteroatoms. The first-order valence-electron chi connectivity index (χ1n) is 7.77. The van der Waals surface area contributed by atoms with Gasteiger partial charge in [0.25, 0.3) is 5.91 Å². The Morgan fingerprint density at radius 2 is 2.29 bits per heavy atom. The molecule has 3 rings (SSSR count). The van der Waals surface area contributed by atoms with E-state index in [1.807, 2.05) is 19.1 Å². The van der Waals surface area contributed by atoms with Gasteiger partial charge < -0.3 is 10.4 Å². The summed E-state index contributed by atoms with van der Waals surface area (Å²) < 4.78 is 15.4. The van der Waals surface area contributed by atoms with Crippen molar-refractivity contribution in [1.82, 2.24) is 10.3 Å². The van der Waals surface area contributed by atoms with E-state index in [1.165, 1.54) is 12.3 Å². The molecule has 2 aromatic rings. The van der Waals surface area contributed by atoms with Gasteiger partial charge in [0, 0.05) is 23.3 Å². The summed E-state index contributed by atoms with van der Waals surface area (Å²) in [7, 11) is 0. The third-order valence-corrected chi connectivity index (χ3v) is 4.70. The van der Waals surface area contributed by atoms with E-state index in [0.29, 0.717) is 5.02 Å². The van der Waals surface area contributed by atoms with E-state index < -0.39 is 17.7 Å². The van der Waals surface area contributed by atoms with Gasteiger partial charge in [0.2, 0.25) is 5.67 Å². The number of hydrogen-bond acceptors (Lipinski definition) is 3. The Labute approximate surface area is 144 Å². The lowest BCUT2D eigenvalue weighted by Gasteiger charge is -2.32. The van der Waals surface area contributed by atoms with Crippen molar-refractivity contribution in [2.75, 3.05) is 0 Å². The van der Waals surface area contributed by atoms with Crippen LogP contribution in [0, 0.1) is 6.92 Å². The Balaban J connectivity index is 1.81. The molecule has 0 saturated heterocycles. The molecule has 2 atom stereocenters. The first-order valence-corrected chi connectivity index (χ1v) is 8.15. The Morgan fingerprint density at radius 1 is 1.50 bits per heavy atom. The molecule has 1 aliphatic carbocycles. The summed E-state index contributed by atoms with van der Waals surface area (Å²) >= 11 is 6.15. The average molecular weight is 349 g/mol. The summed E-state index contributed by atoms with van der Waals surface area (Å²) in [5.74, 6) is -0.736. The number of pyridine rings is 1. The van der Waals surface area contributed by atoms with Gasteiger partial charge in [0.1, 0.15) is 0 Å². The summed E-state index contributed by atoms with van der Waals surface area (Å²) in [5.41, 5.74) is -0.0919. The molecule has 0 fully saturated rings. The number of aliphatic hydroxyl groups excluding tert-OH is 1. The second kappa shape index (κ2) is 6.49. The predicted octanol–water partition coefficient (Wildman–Crippen LogP) is 3.35.